The summed E-state index contributed by atoms with van der Waals surface area (Å²) in [4.78, 5) is 28.6. The van der Waals surface area contributed by atoms with Crippen LogP contribution in [0.5, 0.6) is 0 Å². The van der Waals surface area contributed by atoms with Crippen LogP contribution in [-0.2, 0) is 14.3 Å². The lowest BCUT2D eigenvalue weighted by atomic mass is 10.1. The first-order chi connectivity index (χ1) is 10.9. The smallest absolute Gasteiger partial charge is 0.413 e. The molecule has 0 saturated heterocycles. The SMILES string of the molecule is CCCCC(N=C(NC(=O)OC(C)(C)C)SC)C(=O)OC(C)(C)C. The van der Waals surface area contributed by atoms with Crippen LogP contribution >= 0.6 is 11.8 Å². The quantitative estimate of drug-likeness (QED) is 0.453. The number of unbranched alkanes of at least 4 members (excludes halogenated alkanes) is 1. The van der Waals surface area contributed by atoms with Crippen LogP contribution in [0.1, 0.15) is 67.7 Å². The Morgan fingerprint density at radius 2 is 1.62 bits per heavy atom. The van der Waals surface area contributed by atoms with Crippen LogP contribution in [0.15, 0.2) is 4.99 Å². The van der Waals surface area contributed by atoms with Gasteiger partial charge < -0.3 is 9.47 Å². The number of nitrogens with zero attached hydrogens (tertiary/aromatic N) is 1. The molecule has 6 nitrogen and oxygen atoms in total. The molecule has 7 heteroatoms. The first-order valence-electron chi connectivity index (χ1n) is 8.22. The Kier molecular flexibility index (Phi) is 9.40. The molecule has 0 radical (unpaired) electrons. The highest BCUT2D eigenvalue weighted by Crippen LogP contribution is 2.15. The predicted octanol–water partition coefficient (Wildman–Crippen LogP) is 4.13. The van der Waals surface area contributed by atoms with Gasteiger partial charge in [-0.15, -0.1) is 0 Å². The lowest BCUT2D eigenvalue weighted by Gasteiger charge is -2.23. The van der Waals surface area contributed by atoms with Gasteiger partial charge in [-0.3, -0.25) is 5.32 Å². The third-order valence-corrected chi connectivity index (χ3v) is 3.18. The van der Waals surface area contributed by atoms with E-state index in [2.05, 4.69) is 10.3 Å². The zero-order chi connectivity index (χ0) is 19.0. The van der Waals surface area contributed by atoms with Gasteiger partial charge in [-0.25, -0.2) is 14.6 Å². The zero-order valence-electron chi connectivity index (χ0n) is 16.2. The fraction of sp³-hybridized carbons (Fsp3) is 0.824. The van der Waals surface area contributed by atoms with Crippen LogP contribution in [0.25, 0.3) is 0 Å². The molecule has 0 aliphatic heterocycles. The molecule has 0 fully saturated rings. The zero-order valence-corrected chi connectivity index (χ0v) is 17.0. The molecular formula is C17H32N2O4S. The van der Waals surface area contributed by atoms with Crippen molar-refractivity contribution in [1.29, 1.82) is 0 Å². The summed E-state index contributed by atoms with van der Waals surface area (Å²) < 4.78 is 10.6. The van der Waals surface area contributed by atoms with Crippen molar-refractivity contribution in [3.05, 3.63) is 0 Å². The second-order valence-corrected chi connectivity index (χ2v) is 8.25. The number of carbonyl (C=O) groups excluding carboxylic acids is 2. The highest BCUT2D eigenvalue weighted by Gasteiger charge is 2.25. The Morgan fingerprint density at radius 3 is 2.04 bits per heavy atom. The summed E-state index contributed by atoms with van der Waals surface area (Å²) in [6.45, 7) is 12.9. The number of ether oxygens (including phenoxy) is 2. The number of carbonyl (C=O) groups is 2. The Labute approximate surface area is 150 Å². The van der Waals surface area contributed by atoms with E-state index in [1.54, 1.807) is 27.0 Å². The molecule has 1 N–H and O–H groups in total. The summed E-state index contributed by atoms with van der Waals surface area (Å²) in [5, 5.41) is 2.94. The van der Waals surface area contributed by atoms with E-state index in [-0.39, 0.29) is 5.97 Å². The maximum atomic E-state index is 12.3. The first-order valence-corrected chi connectivity index (χ1v) is 9.45. The van der Waals surface area contributed by atoms with Crippen LogP contribution in [0.3, 0.4) is 0 Å². The molecule has 0 aliphatic rings. The molecule has 0 aromatic carbocycles. The number of alkyl carbamates (subject to hydrolysis) is 1. The molecule has 1 amide bonds. The van der Waals surface area contributed by atoms with E-state index in [1.165, 1.54) is 11.8 Å². The van der Waals surface area contributed by atoms with Crippen molar-refractivity contribution in [2.24, 2.45) is 4.99 Å². The maximum absolute atomic E-state index is 12.3. The van der Waals surface area contributed by atoms with Crippen molar-refractivity contribution in [3.8, 4) is 0 Å². The molecule has 0 bridgehead atoms. The van der Waals surface area contributed by atoms with E-state index in [0.717, 1.165) is 12.8 Å². The van der Waals surface area contributed by atoms with Gasteiger partial charge in [0.2, 0.25) is 0 Å². The molecule has 0 spiro atoms. The van der Waals surface area contributed by atoms with Crippen molar-refractivity contribution in [3.63, 3.8) is 0 Å². The van der Waals surface area contributed by atoms with Crippen LogP contribution in [0.2, 0.25) is 0 Å². The summed E-state index contributed by atoms with van der Waals surface area (Å²) in [5.41, 5.74) is -1.17. The van der Waals surface area contributed by atoms with E-state index in [0.29, 0.717) is 11.6 Å². The fourth-order valence-electron chi connectivity index (χ4n) is 1.67. The standard InChI is InChI=1S/C17H32N2O4S/c1-9-10-11-12(13(20)22-16(2,3)4)18-14(24-8)19-15(21)23-17(5,6)7/h12H,9-11H2,1-8H3,(H,18,19,21). The Balaban J connectivity index is 5.11. The van der Waals surface area contributed by atoms with Crippen LogP contribution < -0.4 is 5.32 Å². The summed E-state index contributed by atoms with van der Waals surface area (Å²) in [6, 6.07) is -0.637. The average Bonchev–Trinajstić information content (AvgIpc) is 2.37. The second-order valence-electron chi connectivity index (χ2n) is 7.46. The monoisotopic (exact) mass is 360 g/mol. The number of hydrogen-bond acceptors (Lipinski definition) is 6. The van der Waals surface area contributed by atoms with E-state index < -0.39 is 23.3 Å². The van der Waals surface area contributed by atoms with Gasteiger partial charge in [0.15, 0.2) is 5.17 Å². The number of esters is 1. The van der Waals surface area contributed by atoms with Gasteiger partial charge >= 0.3 is 12.1 Å². The summed E-state index contributed by atoms with van der Waals surface area (Å²) in [6.07, 6.45) is 3.56. The van der Waals surface area contributed by atoms with Gasteiger partial charge in [0, 0.05) is 0 Å². The number of thioether (sulfide) groups is 1. The van der Waals surface area contributed by atoms with Crippen molar-refractivity contribution < 1.29 is 19.1 Å². The number of amides is 1. The van der Waals surface area contributed by atoms with E-state index in [1.807, 2.05) is 27.7 Å². The number of rotatable bonds is 5. The Bertz CT molecular complexity index is 450. The summed E-state index contributed by atoms with van der Waals surface area (Å²) >= 11 is 1.25. The number of aliphatic imine (C=N–C) groups is 1. The van der Waals surface area contributed by atoms with Crippen molar-refractivity contribution in [2.75, 3.05) is 6.26 Å². The average molecular weight is 361 g/mol. The van der Waals surface area contributed by atoms with Gasteiger partial charge in [-0.05, 0) is 54.2 Å². The lowest BCUT2D eigenvalue weighted by Crippen LogP contribution is -2.37. The van der Waals surface area contributed by atoms with Gasteiger partial charge in [-0.2, -0.15) is 0 Å². The second kappa shape index (κ2) is 9.91. The maximum Gasteiger partial charge on any atom is 0.413 e. The predicted molar refractivity (Wildman–Crippen MR) is 99.5 cm³/mol. The van der Waals surface area contributed by atoms with Gasteiger partial charge in [0.05, 0.1) is 0 Å². The fourth-order valence-corrected chi connectivity index (χ4v) is 2.09. The highest BCUT2D eigenvalue weighted by molar-refractivity contribution is 8.13. The molecule has 0 aromatic rings. The minimum Gasteiger partial charge on any atom is -0.458 e. The Hall–Kier alpha value is -1.24. The number of amidine groups is 1. The lowest BCUT2D eigenvalue weighted by molar-refractivity contribution is -0.156. The number of nitrogens with one attached hydrogen (secondary N) is 1. The van der Waals surface area contributed by atoms with Crippen LogP contribution in [0, 0.1) is 0 Å². The topological polar surface area (TPSA) is 77.0 Å². The molecule has 140 valence electrons. The largest absolute Gasteiger partial charge is 0.458 e. The molecular weight excluding hydrogens is 328 g/mol. The molecule has 0 aromatic heterocycles. The third kappa shape index (κ3) is 11.3. The molecule has 1 atom stereocenters. The molecule has 0 aliphatic carbocycles. The minimum absolute atomic E-state index is 0.344. The Morgan fingerprint density at radius 1 is 1.08 bits per heavy atom. The van der Waals surface area contributed by atoms with Crippen LogP contribution in [0.4, 0.5) is 4.79 Å². The molecule has 24 heavy (non-hydrogen) atoms. The molecule has 0 rings (SSSR count). The van der Waals surface area contributed by atoms with Crippen molar-refractivity contribution >= 4 is 29.0 Å². The molecule has 0 heterocycles. The van der Waals surface area contributed by atoms with Gasteiger partial charge in [0.25, 0.3) is 0 Å². The van der Waals surface area contributed by atoms with Gasteiger partial charge in [-0.1, -0.05) is 31.5 Å². The highest BCUT2D eigenvalue weighted by atomic mass is 32.2. The van der Waals surface area contributed by atoms with Gasteiger partial charge in [0.1, 0.15) is 17.2 Å². The minimum atomic E-state index is -0.637. The van der Waals surface area contributed by atoms with E-state index in [4.69, 9.17) is 9.47 Å². The number of hydrogen-bond donors (Lipinski definition) is 1. The third-order valence-electron chi connectivity index (χ3n) is 2.58. The first kappa shape index (κ1) is 22.8. The van der Waals surface area contributed by atoms with Crippen molar-refractivity contribution in [1.82, 2.24) is 5.32 Å². The summed E-state index contributed by atoms with van der Waals surface area (Å²) in [7, 11) is 0. The van der Waals surface area contributed by atoms with E-state index >= 15 is 0 Å². The normalized spacial score (nSPS) is 14.1. The molecule has 0 saturated carbocycles. The molecule has 1 unspecified atom stereocenters. The van der Waals surface area contributed by atoms with E-state index in [9.17, 15) is 9.59 Å². The van der Waals surface area contributed by atoms with Crippen LogP contribution in [-0.4, -0.2) is 40.7 Å². The van der Waals surface area contributed by atoms with Crippen molar-refractivity contribution in [2.45, 2.75) is 85.0 Å². The summed E-state index contributed by atoms with van der Waals surface area (Å²) in [5.74, 6) is -0.381.